The predicted molar refractivity (Wildman–Crippen MR) is 38.7 cm³/mol. The van der Waals surface area contributed by atoms with Crippen LogP contribution >= 0.6 is 0 Å². The zero-order valence-corrected chi connectivity index (χ0v) is 5.97. The van der Waals surface area contributed by atoms with Gasteiger partial charge in [-0.3, -0.25) is 0 Å². The molecule has 0 aromatic heterocycles. The van der Waals surface area contributed by atoms with Crippen molar-refractivity contribution in [3.63, 3.8) is 0 Å². The molecule has 1 heterocycles. The Morgan fingerprint density at radius 1 is 1.33 bits per heavy atom. The summed E-state index contributed by atoms with van der Waals surface area (Å²) in [7, 11) is 0. The van der Waals surface area contributed by atoms with Gasteiger partial charge in [0.15, 0.2) is 0 Å². The standard InChI is InChI=1S/C7H13BO/c1-8-6-4-2-3-5-7(6)9-8/h6-7H,2-5H2,1H3. The highest BCUT2D eigenvalue weighted by Crippen LogP contribution is 2.42. The maximum Gasteiger partial charge on any atom is 0.295 e. The minimum absolute atomic E-state index is 0.579. The fourth-order valence-electron chi connectivity index (χ4n) is 2.12. The fraction of sp³-hybridized carbons (Fsp3) is 1.00. The van der Waals surface area contributed by atoms with Crippen molar-refractivity contribution in [2.75, 3.05) is 0 Å². The molecule has 1 saturated heterocycles. The van der Waals surface area contributed by atoms with Crippen molar-refractivity contribution in [2.24, 2.45) is 0 Å². The van der Waals surface area contributed by atoms with Crippen molar-refractivity contribution in [2.45, 2.75) is 44.4 Å². The summed E-state index contributed by atoms with van der Waals surface area (Å²) in [6.07, 6.45) is 6.25. The van der Waals surface area contributed by atoms with Gasteiger partial charge in [-0.1, -0.05) is 26.1 Å². The van der Waals surface area contributed by atoms with E-state index in [1.807, 2.05) is 0 Å². The molecule has 2 atom stereocenters. The summed E-state index contributed by atoms with van der Waals surface area (Å²) in [6.45, 7) is 2.78. The first kappa shape index (κ1) is 5.78. The van der Waals surface area contributed by atoms with E-state index in [0.717, 1.165) is 5.82 Å². The van der Waals surface area contributed by atoms with Gasteiger partial charge in [0.2, 0.25) is 0 Å². The Balaban J connectivity index is 1.94. The number of hydrogen-bond donors (Lipinski definition) is 0. The molecule has 9 heavy (non-hydrogen) atoms. The molecule has 0 aromatic carbocycles. The molecule has 0 N–H and O–H groups in total. The molecule has 0 spiro atoms. The van der Waals surface area contributed by atoms with Crippen LogP contribution < -0.4 is 0 Å². The van der Waals surface area contributed by atoms with Crippen molar-refractivity contribution >= 4 is 6.92 Å². The van der Waals surface area contributed by atoms with Crippen LogP contribution in [0.2, 0.25) is 12.6 Å². The maximum atomic E-state index is 5.54. The lowest BCUT2D eigenvalue weighted by Gasteiger charge is -2.44. The average molecular weight is 124 g/mol. The van der Waals surface area contributed by atoms with Gasteiger partial charge in [-0.05, 0) is 12.2 Å². The second-order valence-electron chi connectivity index (χ2n) is 3.33. The van der Waals surface area contributed by atoms with Crippen LogP contribution in [-0.4, -0.2) is 13.0 Å². The normalized spacial score (nSPS) is 41.7. The Hall–Kier alpha value is 0.0249. The summed E-state index contributed by atoms with van der Waals surface area (Å²) < 4.78 is 5.54. The summed E-state index contributed by atoms with van der Waals surface area (Å²) >= 11 is 0. The van der Waals surface area contributed by atoms with Crippen LogP contribution in [0.5, 0.6) is 0 Å². The van der Waals surface area contributed by atoms with Crippen molar-refractivity contribution in [3.05, 3.63) is 0 Å². The molecular formula is C7H13BO. The zero-order valence-electron chi connectivity index (χ0n) is 5.97. The summed E-state index contributed by atoms with van der Waals surface area (Å²) in [5, 5.41) is 0. The van der Waals surface area contributed by atoms with Crippen molar-refractivity contribution in [1.82, 2.24) is 0 Å². The molecule has 1 aliphatic carbocycles. The maximum absolute atomic E-state index is 5.54. The zero-order chi connectivity index (χ0) is 6.27. The van der Waals surface area contributed by atoms with Gasteiger partial charge in [0.05, 0.1) is 0 Å². The molecule has 2 unspecified atom stereocenters. The van der Waals surface area contributed by atoms with Crippen LogP contribution in [0.3, 0.4) is 0 Å². The molecular weight excluding hydrogens is 111 g/mol. The third-order valence-electron chi connectivity index (χ3n) is 2.75. The summed E-state index contributed by atoms with van der Waals surface area (Å²) in [4.78, 5) is 0. The monoisotopic (exact) mass is 124 g/mol. The Bertz CT molecular complexity index is 113. The van der Waals surface area contributed by atoms with Crippen molar-refractivity contribution < 1.29 is 4.65 Å². The minimum atomic E-state index is 0.579. The molecule has 0 radical (unpaired) electrons. The second kappa shape index (κ2) is 2.01. The van der Waals surface area contributed by atoms with Crippen LogP contribution in [0.25, 0.3) is 0 Å². The van der Waals surface area contributed by atoms with Crippen LogP contribution in [0.4, 0.5) is 0 Å². The second-order valence-corrected chi connectivity index (χ2v) is 3.33. The molecule has 1 saturated carbocycles. The highest BCUT2D eigenvalue weighted by Gasteiger charge is 2.42. The fourth-order valence-corrected chi connectivity index (χ4v) is 2.12. The Morgan fingerprint density at radius 3 is 2.67 bits per heavy atom. The molecule has 0 amide bonds. The quantitative estimate of drug-likeness (QED) is 0.448. The van der Waals surface area contributed by atoms with Gasteiger partial charge in [-0.2, -0.15) is 0 Å². The number of hydrogen-bond acceptors (Lipinski definition) is 1. The lowest BCUT2D eigenvalue weighted by atomic mass is 9.47. The minimum Gasteiger partial charge on any atom is -0.433 e. The van der Waals surface area contributed by atoms with E-state index < -0.39 is 0 Å². The van der Waals surface area contributed by atoms with Crippen molar-refractivity contribution in [3.8, 4) is 0 Å². The van der Waals surface area contributed by atoms with E-state index in [9.17, 15) is 0 Å². The molecule has 2 heteroatoms. The highest BCUT2D eigenvalue weighted by atomic mass is 16.5. The molecule has 0 bridgehead atoms. The molecule has 50 valence electrons. The largest absolute Gasteiger partial charge is 0.433 e. The summed E-state index contributed by atoms with van der Waals surface area (Å²) in [6, 6.07) is 0. The van der Waals surface area contributed by atoms with E-state index in [2.05, 4.69) is 6.82 Å². The van der Waals surface area contributed by atoms with E-state index in [-0.39, 0.29) is 0 Å². The van der Waals surface area contributed by atoms with E-state index in [4.69, 9.17) is 4.65 Å². The third-order valence-corrected chi connectivity index (χ3v) is 2.75. The average Bonchev–Trinajstić information content (AvgIpc) is 1.86. The summed E-state index contributed by atoms with van der Waals surface area (Å²) in [5.74, 6) is 0.929. The van der Waals surface area contributed by atoms with E-state index in [1.165, 1.54) is 25.7 Å². The topological polar surface area (TPSA) is 9.23 Å². The first-order valence-electron chi connectivity index (χ1n) is 4.03. The first-order valence-corrected chi connectivity index (χ1v) is 4.03. The van der Waals surface area contributed by atoms with Crippen LogP contribution in [-0.2, 0) is 4.65 Å². The van der Waals surface area contributed by atoms with E-state index in [1.54, 1.807) is 0 Å². The molecule has 2 aliphatic rings. The van der Waals surface area contributed by atoms with E-state index >= 15 is 0 Å². The van der Waals surface area contributed by atoms with Crippen LogP contribution in [0.1, 0.15) is 25.7 Å². The van der Waals surface area contributed by atoms with Gasteiger partial charge in [0.1, 0.15) is 0 Å². The molecule has 1 aliphatic heterocycles. The van der Waals surface area contributed by atoms with Gasteiger partial charge in [0, 0.05) is 6.10 Å². The molecule has 2 fully saturated rings. The summed E-state index contributed by atoms with van der Waals surface area (Å²) in [5.41, 5.74) is 0. The highest BCUT2D eigenvalue weighted by molar-refractivity contribution is 6.55. The van der Waals surface area contributed by atoms with Gasteiger partial charge in [-0.25, -0.2) is 0 Å². The molecule has 2 rings (SSSR count). The number of fused-ring (bicyclic) bond motifs is 1. The first-order chi connectivity index (χ1) is 4.38. The molecule has 1 nitrogen and oxygen atoms in total. The van der Waals surface area contributed by atoms with Crippen molar-refractivity contribution in [1.29, 1.82) is 0 Å². The third kappa shape index (κ3) is 0.805. The van der Waals surface area contributed by atoms with Gasteiger partial charge in [-0.15, -0.1) is 0 Å². The lowest BCUT2D eigenvalue weighted by molar-refractivity contribution is 0.0827. The Morgan fingerprint density at radius 2 is 2.11 bits per heavy atom. The Kier molecular flexibility index (Phi) is 1.29. The van der Waals surface area contributed by atoms with Gasteiger partial charge < -0.3 is 4.65 Å². The van der Waals surface area contributed by atoms with Crippen LogP contribution in [0, 0.1) is 0 Å². The van der Waals surface area contributed by atoms with Gasteiger partial charge in [0.25, 0.3) is 6.92 Å². The lowest BCUT2D eigenvalue weighted by Crippen LogP contribution is -2.47. The number of rotatable bonds is 0. The van der Waals surface area contributed by atoms with E-state index in [0.29, 0.717) is 13.0 Å². The predicted octanol–water partition coefficient (Wildman–Crippen LogP) is 1.95. The smallest absolute Gasteiger partial charge is 0.295 e. The van der Waals surface area contributed by atoms with Gasteiger partial charge >= 0.3 is 0 Å². The van der Waals surface area contributed by atoms with Crippen LogP contribution in [0.15, 0.2) is 0 Å². The SMILES string of the molecule is CB1OC2CCCCC12. The molecule has 0 aromatic rings. The Labute approximate surface area is 56.9 Å².